The standard InChI is InChI=1S/C26H24N4O5S3/c31-37(32)27-17-23-29-30-25(35-23)24(38(33,34)15-7-10-18-8-3-1-4-9-18)26-28-21-14-13-20(16-22(21)36-26)19-11-5-2-6-12-19/h1-6,8-9,11-14,16,24,27H,7,10,15,17H2,(H,31,32)/p-1. The molecule has 0 spiro atoms. The highest BCUT2D eigenvalue weighted by Crippen LogP contribution is 2.37. The van der Waals surface area contributed by atoms with E-state index in [1.54, 1.807) is 0 Å². The first-order chi connectivity index (χ1) is 18.4. The Morgan fingerprint density at radius 1 is 0.974 bits per heavy atom. The molecule has 12 heteroatoms. The van der Waals surface area contributed by atoms with Gasteiger partial charge < -0.3 is 8.97 Å². The molecule has 9 nitrogen and oxygen atoms in total. The minimum Gasteiger partial charge on any atom is -0.760 e. The summed E-state index contributed by atoms with van der Waals surface area (Å²) in [5.41, 5.74) is 3.74. The normalized spacial score (nSPS) is 13.5. The van der Waals surface area contributed by atoms with Gasteiger partial charge in [-0.05, 0) is 41.7 Å². The summed E-state index contributed by atoms with van der Waals surface area (Å²) in [6.45, 7) is -0.246. The van der Waals surface area contributed by atoms with Crippen molar-refractivity contribution >= 4 is 42.7 Å². The van der Waals surface area contributed by atoms with Crippen LogP contribution in [-0.2, 0) is 34.1 Å². The number of hydrogen-bond acceptors (Lipinski definition) is 9. The van der Waals surface area contributed by atoms with Gasteiger partial charge in [-0.15, -0.1) is 21.5 Å². The average molecular weight is 568 g/mol. The maximum atomic E-state index is 13.7. The Morgan fingerprint density at radius 3 is 2.45 bits per heavy atom. The second kappa shape index (κ2) is 11.6. The number of nitrogens with one attached hydrogen (secondary N) is 1. The molecule has 0 saturated heterocycles. The Hall–Kier alpha value is -3.29. The highest BCUT2D eigenvalue weighted by molar-refractivity contribution is 7.92. The van der Waals surface area contributed by atoms with E-state index in [0.717, 1.165) is 21.4 Å². The molecule has 1 N–H and O–H groups in total. The van der Waals surface area contributed by atoms with Crippen LogP contribution in [0.5, 0.6) is 0 Å². The molecule has 0 amide bonds. The first kappa shape index (κ1) is 26.3. The van der Waals surface area contributed by atoms with E-state index in [1.165, 1.54) is 11.3 Å². The molecule has 5 aromatic rings. The first-order valence-electron chi connectivity index (χ1n) is 11.8. The maximum Gasteiger partial charge on any atom is 0.241 e. The number of aryl methyl sites for hydroxylation is 1. The molecule has 0 aliphatic carbocycles. The van der Waals surface area contributed by atoms with Crippen molar-refractivity contribution in [3.05, 3.63) is 101 Å². The van der Waals surface area contributed by atoms with Gasteiger partial charge in [-0.2, -0.15) is 0 Å². The Balaban J connectivity index is 1.48. The lowest BCUT2D eigenvalue weighted by Crippen LogP contribution is -2.19. The zero-order valence-electron chi connectivity index (χ0n) is 20.0. The molecule has 2 aromatic heterocycles. The molecule has 0 saturated carbocycles. The predicted molar refractivity (Wildman–Crippen MR) is 146 cm³/mol. The zero-order valence-corrected chi connectivity index (χ0v) is 22.5. The molecule has 38 heavy (non-hydrogen) atoms. The molecule has 196 valence electrons. The van der Waals surface area contributed by atoms with Crippen LogP contribution in [-0.4, -0.2) is 38.1 Å². The van der Waals surface area contributed by atoms with Crippen LogP contribution >= 0.6 is 11.3 Å². The van der Waals surface area contributed by atoms with E-state index >= 15 is 0 Å². The fourth-order valence-corrected chi connectivity index (χ4v) is 7.43. The van der Waals surface area contributed by atoms with Gasteiger partial charge in [-0.3, -0.25) is 4.21 Å². The lowest BCUT2D eigenvalue weighted by molar-refractivity contribution is 0.440. The molecule has 2 heterocycles. The number of aromatic nitrogens is 3. The molecule has 0 aliphatic heterocycles. The topological polar surface area (TPSA) is 138 Å². The largest absolute Gasteiger partial charge is 0.760 e. The van der Waals surface area contributed by atoms with Crippen molar-refractivity contribution in [1.82, 2.24) is 19.9 Å². The summed E-state index contributed by atoms with van der Waals surface area (Å²) in [4.78, 5) is 4.64. The van der Waals surface area contributed by atoms with E-state index in [9.17, 15) is 17.2 Å². The summed E-state index contributed by atoms with van der Waals surface area (Å²) in [6.07, 6.45) is 1.00. The number of thiazole rings is 1. The smallest absolute Gasteiger partial charge is 0.241 e. The second-order valence-corrected chi connectivity index (χ2v) is 12.6. The average Bonchev–Trinajstić information content (AvgIpc) is 3.55. The van der Waals surface area contributed by atoms with E-state index < -0.39 is 26.4 Å². The van der Waals surface area contributed by atoms with Crippen molar-refractivity contribution < 1.29 is 21.6 Å². The van der Waals surface area contributed by atoms with Crippen molar-refractivity contribution in [2.24, 2.45) is 0 Å². The molecule has 0 bridgehead atoms. The number of fused-ring (bicyclic) bond motifs is 1. The number of nitrogens with zero attached hydrogens (tertiary/aromatic N) is 3. The van der Waals surface area contributed by atoms with Gasteiger partial charge in [-0.1, -0.05) is 66.7 Å². The lowest BCUT2D eigenvalue weighted by atomic mass is 10.1. The highest BCUT2D eigenvalue weighted by atomic mass is 32.2. The molecule has 0 radical (unpaired) electrons. The minimum absolute atomic E-state index is 0.0406. The van der Waals surface area contributed by atoms with Crippen molar-refractivity contribution in [2.75, 3.05) is 5.75 Å². The third-order valence-corrected chi connectivity index (χ3v) is 9.49. The summed E-state index contributed by atoms with van der Waals surface area (Å²) < 4.78 is 57.7. The van der Waals surface area contributed by atoms with E-state index in [-0.39, 0.29) is 24.1 Å². The summed E-state index contributed by atoms with van der Waals surface area (Å²) in [6, 6.07) is 25.3. The van der Waals surface area contributed by atoms with Crippen LogP contribution in [0, 0.1) is 0 Å². The monoisotopic (exact) mass is 567 g/mol. The van der Waals surface area contributed by atoms with Gasteiger partial charge in [0.1, 0.15) is 5.01 Å². The van der Waals surface area contributed by atoms with Crippen molar-refractivity contribution in [3.63, 3.8) is 0 Å². The quantitative estimate of drug-likeness (QED) is 0.232. The van der Waals surface area contributed by atoms with E-state index in [2.05, 4.69) is 19.9 Å². The Labute approximate surface area is 226 Å². The zero-order chi connectivity index (χ0) is 26.5. The predicted octanol–water partition coefficient (Wildman–Crippen LogP) is 4.37. The van der Waals surface area contributed by atoms with Crippen LogP contribution < -0.4 is 4.72 Å². The van der Waals surface area contributed by atoms with Crippen molar-refractivity contribution in [2.45, 2.75) is 24.6 Å². The van der Waals surface area contributed by atoms with Crippen LogP contribution in [0.25, 0.3) is 21.3 Å². The molecule has 2 atom stereocenters. The highest BCUT2D eigenvalue weighted by Gasteiger charge is 2.36. The Morgan fingerprint density at radius 2 is 1.71 bits per heavy atom. The van der Waals surface area contributed by atoms with Crippen LogP contribution in [0.3, 0.4) is 0 Å². The van der Waals surface area contributed by atoms with Crippen molar-refractivity contribution in [3.8, 4) is 11.1 Å². The van der Waals surface area contributed by atoms with Crippen LogP contribution in [0.2, 0.25) is 0 Å². The summed E-state index contributed by atoms with van der Waals surface area (Å²) in [5.74, 6) is -0.292. The first-order valence-corrected chi connectivity index (χ1v) is 15.4. The fourth-order valence-electron chi connectivity index (χ4n) is 4.08. The molecular formula is C26H23N4O5S3-. The molecular weight excluding hydrogens is 545 g/mol. The summed E-state index contributed by atoms with van der Waals surface area (Å²) in [5, 5.41) is 6.86. The van der Waals surface area contributed by atoms with Crippen molar-refractivity contribution in [1.29, 1.82) is 0 Å². The lowest BCUT2D eigenvalue weighted by Gasteiger charge is -2.12. The molecule has 0 fully saturated rings. The van der Waals surface area contributed by atoms with Gasteiger partial charge in [0.2, 0.25) is 11.8 Å². The SMILES string of the molecule is O=S([O-])NCc1nnc(C(c2nc3ccc(-c4ccccc4)cc3s2)S(=O)(=O)CCCc2ccccc2)o1. The van der Waals surface area contributed by atoms with Gasteiger partial charge >= 0.3 is 0 Å². The van der Waals surface area contributed by atoms with Gasteiger partial charge in [0.25, 0.3) is 0 Å². The number of rotatable bonds is 11. The van der Waals surface area contributed by atoms with E-state index in [4.69, 9.17) is 4.42 Å². The van der Waals surface area contributed by atoms with Gasteiger partial charge in [-0.25, -0.2) is 18.1 Å². The van der Waals surface area contributed by atoms with Crippen LogP contribution in [0.1, 0.15) is 34.0 Å². The third-order valence-electron chi connectivity index (χ3n) is 5.88. The van der Waals surface area contributed by atoms with E-state index in [0.29, 0.717) is 23.4 Å². The number of hydrogen-bond donors (Lipinski definition) is 1. The minimum atomic E-state index is -3.82. The number of sulfone groups is 1. The Bertz CT molecular complexity index is 1650. The molecule has 3 aromatic carbocycles. The van der Waals surface area contributed by atoms with Gasteiger partial charge in [0.05, 0.1) is 22.5 Å². The summed E-state index contributed by atoms with van der Waals surface area (Å²) >= 11 is -1.27. The third kappa shape index (κ3) is 6.22. The maximum absolute atomic E-state index is 13.7. The molecule has 0 aliphatic rings. The molecule has 5 rings (SSSR count). The Kier molecular flexibility index (Phi) is 8.05. The van der Waals surface area contributed by atoms with Gasteiger partial charge in [0, 0.05) is 11.3 Å². The summed E-state index contributed by atoms with van der Waals surface area (Å²) in [7, 11) is -3.82. The fraction of sp³-hybridized carbons (Fsp3) is 0.192. The number of benzene rings is 3. The van der Waals surface area contributed by atoms with Crippen LogP contribution in [0.4, 0.5) is 0 Å². The van der Waals surface area contributed by atoms with E-state index in [1.807, 2.05) is 78.9 Å². The van der Waals surface area contributed by atoms with Gasteiger partial charge in [0.15, 0.2) is 15.1 Å². The molecule has 2 unspecified atom stereocenters. The van der Waals surface area contributed by atoms with Crippen LogP contribution in [0.15, 0.2) is 83.3 Å². The second-order valence-electron chi connectivity index (χ2n) is 8.53.